The van der Waals surface area contributed by atoms with Crippen molar-refractivity contribution in [2.45, 2.75) is 50.6 Å². The first-order valence-corrected chi connectivity index (χ1v) is 11.1. The fraction of sp³-hybridized carbons (Fsp3) is 0.417. The second-order valence-electron chi connectivity index (χ2n) is 8.26. The minimum absolute atomic E-state index is 0.218. The summed E-state index contributed by atoms with van der Waals surface area (Å²) in [7, 11) is 0. The minimum Gasteiger partial charge on any atom is -0.481 e. The lowest BCUT2D eigenvalue weighted by atomic mass is 9.84. The Hall–Kier alpha value is -2.53. The van der Waals surface area contributed by atoms with Crippen LogP contribution in [-0.4, -0.2) is 34.5 Å². The van der Waals surface area contributed by atoms with E-state index in [9.17, 15) is 14.7 Å². The van der Waals surface area contributed by atoms with E-state index in [0.29, 0.717) is 36.0 Å². The van der Waals surface area contributed by atoms with Gasteiger partial charge < -0.3 is 15.3 Å². The number of amides is 1. The van der Waals surface area contributed by atoms with E-state index in [1.165, 1.54) is 25.7 Å². The quantitative estimate of drug-likeness (QED) is 0.674. The van der Waals surface area contributed by atoms with Crippen LogP contribution in [-0.2, 0) is 4.79 Å². The maximum absolute atomic E-state index is 13.3. The molecule has 0 aromatic heterocycles. The number of carbonyl (C=O) groups is 2. The van der Waals surface area contributed by atoms with Crippen LogP contribution in [0.25, 0.3) is 0 Å². The molecule has 1 saturated heterocycles. The molecule has 1 amide bonds. The molecular formula is C24H27ClN2O3. The summed E-state index contributed by atoms with van der Waals surface area (Å²) < 4.78 is 0. The smallest absolute Gasteiger partial charge is 0.308 e. The number of carboxylic acids is 1. The monoisotopic (exact) mass is 426 g/mol. The Morgan fingerprint density at radius 3 is 2.33 bits per heavy atom. The molecule has 1 aliphatic heterocycles. The fourth-order valence-corrected chi connectivity index (χ4v) is 4.98. The zero-order valence-electron chi connectivity index (χ0n) is 16.9. The fourth-order valence-electron chi connectivity index (χ4n) is 4.77. The highest BCUT2D eigenvalue weighted by Gasteiger charge is 2.40. The van der Waals surface area contributed by atoms with E-state index < -0.39 is 17.9 Å². The molecule has 6 heteroatoms. The van der Waals surface area contributed by atoms with Crippen molar-refractivity contribution in [3.05, 3.63) is 64.7 Å². The van der Waals surface area contributed by atoms with E-state index in [2.05, 4.69) is 5.32 Å². The van der Waals surface area contributed by atoms with E-state index in [4.69, 9.17) is 11.6 Å². The summed E-state index contributed by atoms with van der Waals surface area (Å²) in [6.07, 6.45) is 6.10. The van der Waals surface area contributed by atoms with Crippen LogP contribution in [0.3, 0.4) is 0 Å². The molecule has 1 saturated carbocycles. The van der Waals surface area contributed by atoms with Gasteiger partial charge in [0.15, 0.2) is 0 Å². The third-order valence-electron chi connectivity index (χ3n) is 6.29. The molecule has 2 aromatic carbocycles. The highest BCUT2D eigenvalue weighted by Crippen LogP contribution is 2.38. The van der Waals surface area contributed by atoms with Crippen molar-refractivity contribution in [2.75, 3.05) is 11.9 Å². The number of benzene rings is 2. The Morgan fingerprint density at radius 2 is 1.67 bits per heavy atom. The number of hydrogen-bond donors (Lipinski definition) is 2. The maximum Gasteiger partial charge on any atom is 0.308 e. The van der Waals surface area contributed by atoms with Crippen molar-refractivity contribution in [1.29, 1.82) is 0 Å². The number of rotatable bonds is 5. The van der Waals surface area contributed by atoms with Gasteiger partial charge in [0.2, 0.25) is 0 Å². The summed E-state index contributed by atoms with van der Waals surface area (Å²) in [6, 6.07) is 14.8. The SMILES string of the molecule is O=C(O)C1CCCN(C(=O)c2ccccc2Cl)C1c1ccc(NC2CCCC2)cc1. The molecule has 2 aromatic rings. The zero-order valence-corrected chi connectivity index (χ0v) is 17.6. The standard InChI is InChI=1S/C24H27ClN2O3/c25-21-10-4-3-8-19(21)23(28)27-15-5-9-20(24(29)30)22(27)16-11-13-18(14-12-16)26-17-6-1-2-7-17/h3-4,8,10-14,17,20,22,26H,1-2,5-7,9,15H2,(H,29,30). The third kappa shape index (κ3) is 4.31. The molecule has 5 nitrogen and oxygen atoms in total. The van der Waals surface area contributed by atoms with E-state index in [1.807, 2.05) is 24.3 Å². The summed E-state index contributed by atoms with van der Waals surface area (Å²) in [4.78, 5) is 27.0. The molecule has 0 bridgehead atoms. The molecule has 1 aliphatic carbocycles. The van der Waals surface area contributed by atoms with Gasteiger partial charge in [-0.05, 0) is 55.5 Å². The van der Waals surface area contributed by atoms with Crippen molar-refractivity contribution in [3.63, 3.8) is 0 Å². The van der Waals surface area contributed by atoms with Gasteiger partial charge in [0.1, 0.15) is 0 Å². The second-order valence-corrected chi connectivity index (χ2v) is 8.67. The van der Waals surface area contributed by atoms with Crippen molar-refractivity contribution < 1.29 is 14.7 Å². The van der Waals surface area contributed by atoms with Crippen molar-refractivity contribution in [3.8, 4) is 0 Å². The van der Waals surface area contributed by atoms with Crippen LogP contribution in [0.5, 0.6) is 0 Å². The lowest BCUT2D eigenvalue weighted by Gasteiger charge is -2.40. The molecular weight excluding hydrogens is 400 g/mol. The number of aliphatic carboxylic acids is 1. The summed E-state index contributed by atoms with van der Waals surface area (Å²) in [5, 5.41) is 13.8. The number of likely N-dealkylation sites (tertiary alicyclic amines) is 1. The van der Waals surface area contributed by atoms with Gasteiger partial charge >= 0.3 is 5.97 Å². The van der Waals surface area contributed by atoms with Gasteiger partial charge in [-0.15, -0.1) is 0 Å². The van der Waals surface area contributed by atoms with Gasteiger partial charge in [0.25, 0.3) is 5.91 Å². The number of halogens is 1. The first kappa shape index (κ1) is 20.7. The van der Waals surface area contributed by atoms with Crippen LogP contribution in [0.4, 0.5) is 5.69 Å². The van der Waals surface area contributed by atoms with Crippen molar-refractivity contribution in [2.24, 2.45) is 5.92 Å². The summed E-state index contributed by atoms with van der Waals surface area (Å²) in [5.41, 5.74) is 2.30. The molecule has 4 rings (SSSR count). The van der Waals surface area contributed by atoms with E-state index >= 15 is 0 Å². The van der Waals surface area contributed by atoms with Crippen LogP contribution in [0.2, 0.25) is 5.02 Å². The Bertz CT molecular complexity index is 909. The van der Waals surface area contributed by atoms with Crippen LogP contribution in [0.1, 0.15) is 60.5 Å². The Labute approximate surface area is 182 Å². The molecule has 2 N–H and O–H groups in total. The lowest BCUT2D eigenvalue weighted by Crippen LogP contribution is -2.45. The predicted molar refractivity (Wildman–Crippen MR) is 118 cm³/mol. The number of nitrogens with zero attached hydrogens (tertiary/aromatic N) is 1. The maximum atomic E-state index is 13.3. The van der Waals surface area contributed by atoms with Crippen LogP contribution in [0, 0.1) is 5.92 Å². The van der Waals surface area contributed by atoms with Gasteiger partial charge in [0, 0.05) is 18.3 Å². The van der Waals surface area contributed by atoms with Gasteiger partial charge in [0.05, 0.1) is 22.5 Å². The molecule has 1 heterocycles. The largest absolute Gasteiger partial charge is 0.481 e. The van der Waals surface area contributed by atoms with Gasteiger partial charge in [-0.25, -0.2) is 0 Å². The second kappa shape index (κ2) is 9.09. The molecule has 2 atom stereocenters. The lowest BCUT2D eigenvalue weighted by molar-refractivity contribution is -0.145. The Kier molecular flexibility index (Phi) is 6.28. The van der Waals surface area contributed by atoms with E-state index in [-0.39, 0.29) is 5.91 Å². The van der Waals surface area contributed by atoms with Gasteiger partial charge in [-0.1, -0.05) is 48.7 Å². The molecule has 0 spiro atoms. The number of anilines is 1. The minimum atomic E-state index is -0.871. The molecule has 2 unspecified atom stereocenters. The average molecular weight is 427 g/mol. The normalized spacial score (nSPS) is 22.1. The van der Waals surface area contributed by atoms with Crippen LogP contribution < -0.4 is 5.32 Å². The molecule has 2 aliphatic rings. The summed E-state index contributed by atoms with van der Waals surface area (Å²) in [6.45, 7) is 0.514. The molecule has 30 heavy (non-hydrogen) atoms. The molecule has 0 radical (unpaired) electrons. The predicted octanol–water partition coefficient (Wildman–Crippen LogP) is 5.37. The number of carbonyl (C=O) groups excluding carboxylic acids is 1. The average Bonchev–Trinajstić information content (AvgIpc) is 3.27. The summed E-state index contributed by atoms with van der Waals surface area (Å²) in [5.74, 6) is -1.73. The number of carboxylic acid groups (broad SMARTS) is 1. The summed E-state index contributed by atoms with van der Waals surface area (Å²) >= 11 is 6.26. The highest BCUT2D eigenvalue weighted by atomic mass is 35.5. The molecule has 2 fully saturated rings. The van der Waals surface area contributed by atoms with E-state index in [0.717, 1.165) is 11.3 Å². The molecule has 158 valence electrons. The first-order chi connectivity index (χ1) is 14.5. The van der Waals surface area contributed by atoms with Gasteiger partial charge in [-0.3, -0.25) is 9.59 Å². The third-order valence-corrected chi connectivity index (χ3v) is 6.62. The topological polar surface area (TPSA) is 69.6 Å². The van der Waals surface area contributed by atoms with Crippen molar-refractivity contribution in [1.82, 2.24) is 4.90 Å². The Balaban J connectivity index is 1.62. The Morgan fingerprint density at radius 1 is 0.967 bits per heavy atom. The number of nitrogens with one attached hydrogen (secondary N) is 1. The van der Waals surface area contributed by atoms with E-state index in [1.54, 1.807) is 29.2 Å². The van der Waals surface area contributed by atoms with Crippen LogP contribution >= 0.6 is 11.6 Å². The highest BCUT2D eigenvalue weighted by molar-refractivity contribution is 6.33. The zero-order chi connectivity index (χ0) is 21.1. The van der Waals surface area contributed by atoms with Crippen LogP contribution in [0.15, 0.2) is 48.5 Å². The number of hydrogen-bond acceptors (Lipinski definition) is 3. The first-order valence-electron chi connectivity index (χ1n) is 10.7. The number of piperidine rings is 1. The van der Waals surface area contributed by atoms with Crippen molar-refractivity contribution >= 4 is 29.2 Å². The van der Waals surface area contributed by atoms with Gasteiger partial charge in [-0.2, -0.15) is 0 Å².